The molecule has 2 aromatic heterocycles. The fourth-order valence-corrected chi connectivity index (χ4v) is 3.76. The van der Waals surface area contributed by atoms with Gasteiger partial charge in [-0.3, -0.25) is 4.79 Å². The third-order valence-corrected chi connectivity index (χ3v) is 5.00. The van der Waals surface area contributed by atoms with E-state index in [4.69, 9.17) is 4.74 Å². The zero-order chi connectivity index (χ0) is 16.4. The summed E-state index contributed by atoms with van der Waals surface area (Å²) in [6.45, 7) is 2.61. The second-order valence-corrected chi connectivity index (χ2v) is 6.89. The van der Waals surface area contributed by atoms with E-state index in [0.717, 1.165) is 11.9 Å². The first kappa shape index (κ1) is 15.4. The van der Waals surface area contributed by atoms with Gasteiger partial charge in [0.05, 0.1) is 18.7 Å². The molecule has 1 aliphatic heterocycles. The molecule has 0 bridgehead atoms. The number of carbonyl (C=O) groups is 1. The molecule has 3 heterocycles. The molecule has 0 spiro atoms. The number of thiazole rings is 1. The van der Waals surface area contributed by atoms with Crippen molar-refractivity contribution in [2.75, 3.05) is 26.3 Å². The summed E-state index contributed by atoms with van der Waals surface area (Å²) in [5.41, 5.74) is 4.66. The minimum Gasteiger partial charge on any atom is -0.379 e. The van der Waals surface area contributed by atoms with Crippen molar-refractivity contribution in [3.8, 4) is 0 Å². The molecule has 0 aliphatic carbocycles. The maximum Gasteiger partial charge on any atom is 0.273 e. The number of hydrogen-bond acceptors (Lipinski definition) is 4. The summed E-state index contributed by atoms with van der Waals surface area (Å²) < 4.78 is 5.73. The zero-order valence-corrected chi connectivity index (χ0v) is 14.1. The van der Waals surface area contributed by atoms with Gasteiger partial charge in [0, 0.05) is 36.1 Å². The number of nitrogens with one attached hydrogen (secondary N) is 1. The molecule has 6 heteroatoms. The maximum atomic E-state index is 12.6. The topological polar surface area (TPSA) is 58.2 Å². The van der Waals surface area contributed by atoms with Crippen LogP contribution in [-0.4, -0.2) is 47.1 Å². The van der Waals surface area contributed by atoms with Crippen molar-refractivity contribution in [1.82, 2.24) is 14.9 Å². The summed E-state index contributed by atoms with van der Waals surface area (Å²) in [5, 5.41) is 3.03. The Labute approximate surface area is 144 Å². The van der Waals surface area contributed by atoms with Gasteiger partial charge in [0.1, 0.15) is 5.69 Å². The van der Waals surface area contributed by atoms with Gasteiger partial charge < -0.3 is 14.6 Å². The lowest BCUT2D eigenvalue weighted by Crippen LogP contribution is -2.36. The Morgan fingerprint density at radius 2 is 2.38 bits per heavy atom. The normalized spacial score (nSPS) is 18.7. The van der Waals surface area contributed by atoms with Crippen LogP contribution in [0.2, 0.25) is 0 Å². The van der Waals surface area contributed by atoms with E-state index in [2.05, 4.69) is 34.2 Å². The largest absolute Gasteiger partial charge is 0.379 e. The first-order valence-corrected chi connectivity index (χ1v) is 9.05. The van der Waals surface area contributed by atoms with Gasteiger partial charge in [-0.2, -0.15) is 0 Å². The molecule has 124 valence electrons. The molecule has 0 radical (unpaired) electrons. The minimum atomic E-state index is 0.00726. The van der Waals surface area contributed by atoms with E-state index in [1.807, 2.05) is 16.5 Å². The van der Waals surface area contributed by atoms with E-state index in [9.17, 15) is 4.79 Å². The molecule has 1 amide bonds. The van der Waals surface area contributed by atoms with Crippen LogP contribution in [0, 0.1) is 5.92 Å². The van der Waals surface area contributed by atoms with Gasteiger partial charge in [-0.25, -0.2) is 4.98 Å². The van der Waals surface area contributed by atoms with Crippen molar-refractivity contribution >= 4 is 28.1 Å². The van der Waals surface area contributed by atoms with Crippen molar-refractivity contribution in [3.05, 3.63) is 52.6 Å². The zero-order valence-electron chi connectivity index (χ0n) is 13.3. The summed E-state index contributed by atoms with van der Waals surface area (Å²) in [6.07, 6.45) is 2.86. The fourth-order valence-electron chi connectivity index (χ4n) is 3.23. The second kappa shape index (κ2) is 6.75. The number of carbonyl (C=O) groups excluding carboxylic acids is 1. The predicted octanol–water partition coefficient (Wildman–Crippen LogP) is 2.96. The van der Waals surface area contributed by atoms with Crippen molar-refractivity contribution in [2.45, 2.75) is 6.42 Å². The Bertz CT molecular complexity index is 828. The third kappa shape index (κ3) is 3.20. The van der Waals surface area contributed by atoms with Crippen LogP contribution < -0.4 is 0 Å². The summed E-state index contributed by atoms with van der Waals surface area (Å²) >= 11 is 1.45. The molecule has 1 N–H and O–H groups in total. The summed E-state index contributed by atoms with van der Waals surface area (Å²) in [5.74, 6) is 0.305. The van der Waals surface area contributed by atoms with E-state index in [1.165, 1.54) is 22.3 Å². The number of ether oxygens (including phenoxy) is 1. The fraction of sp³-hybridized carbons (Fsp3) is 0.333. The summed E-state index contributed by atoms with van der Waals surface area (Å²) in [6, 6.07) is 8.56. The average Bonchev–Trinajstić information content (AvgIpc) is 3.23. The first-order valence-electron chi connectivity index (χ1n) is 8.11. The molecular weight excluding hydrogens is 322 g/mol. The van der Waals surface area contributed by atoms with Crippen LogP contribution in [0.25, 0.3) is 10.9 Å². The van der Waals surface area contributed by atoms with E-state index >= 15 is 0 Å². The number of rotatable bonds is 3. The highest BCUT2D eigenvalue weighted by molar-refractivity contribution is 7.07. The van der Waals surface area contributed by atoms with E-state index in [-0.39, 0.29) is 5.91 Å². The highest BCUT2D eigenvalue weighted by Gasteiger charge is 2.24. The first-order chi connectivity index (χ1) is 11.8. The predicted molar refractivity (Wildman–Crippen MR) is 94.3 cm³/mol. The number of fused-ring (bicyclic) bond motifs is 1. The number of hydrogen-bond donors (Lipinski definition) is 1. The smallest absolute Gasteiger partial charge is 0.273 e. The molecule has 4 rings (SSSR count). The Morgan fingerprint density at radius 3 is 3.25 bits per heavy atom. The van der Waals surface area contributed by atoms with Crippen LogP contribution in [0.5, 0.6) is 0 Å². The number of benzene rings is 1. The molecular formula is C18H19N3O2S. The van der Waals surface area contributed by atoms with Gasteiger partial charge in [-0.1, -0.05) is 6.07 Å². The van der Waals surface area contributed by atoms with Crippen LogP contribution in [0.15, 0.2) is 41.4 Å². The van der Waals surface area contributed by atoms with E-state index < -0.39 is 0 Å². The average molecular weight is 341 g/mol. The van der Waals surface area contributed by atoms with Gasteiger partial charge >= 0.3 is 0 Å². The van der Waals surface area contributed by atoms with Crippen LogP contribution in [0.1, 0.15) is 16.1 Å². The third-order valence-electron chi connectivity index (χ3n) is 4.42. The van der Waals surface area contributed by atoms with Gasteiger partial charge in [0.15, 0.2) is 0 Å². The van der Waals surface area contributed by atoms with E-state index in [1.54, 1.807) is 5.51 Å². The van der Waals surface area contributed by atoms with Gasteiger partial charge in [0.2, 0.25) is 0 Å². The number of nitrogens with zero attached hydrogens (tertiary/aromatic N) is 2. The lowest BCUT2D eigenvalue weighted by atomic mass is 9.98. The van der Waals surface area contributed by atoms with Crippen LogP contribution >= 0.6 is 11.3 Å². The molecule has 1 aromatic carbocycles. The molecule has 5 nitrogen and oxygen atoms in total. The van der Waals surface area contributed by atoms with Crippen molar-refractivity contribution < 1.29 is 9.53 Å². The van der Waals surface area contributed by atoms with E-state index in [0.29, 0.717) is 37.9 Å². The lowest BCUT2D eigenvalue weighted by Gasteiger charge is -2.23. The summed E-state index contributed by atoms with van der Waals surface area (Å²) in [4.78, 5) is 21.8. The number of aromatic nitrogens is 2. The molecule has 0 saturated carbocycles. The SMILES string of the molecule is O=C(c1cscn1)N1CCOC[C@@H](Cc2ccc3[nH]ccc3c2)C1. The minimum absolute atomic E-state index is 0.00726. The van der Waals surface area contributed by atoms with Gasteiger partial charge in [0.25, 0.3) is 5.91 Å². The highest BCUT2D eigenvalue weighted by Crippen LogP contribution is 2.20. The molecule has 1 aliphatic rings. The van der Waals surface area contributed by atoms with Crippen molar-refractivity contribution in [1.29, 1.82) is 0 Å². The van der Waals surface area contributed by atoms with Gasteiger partial charge in [-0.05, 0) is 35.6 Å². The lowest BCUT2D eigenvalue weighted by molar-refractivity contribution is 0.0732. The number of H-pyrrole nitrogens is 1. The Kier molecular flexibility index (Phi) is 4.32. The molecule has 24 heavy (non-hydrogen) atoms. The van der Waals surface area contributed by atoms with Crippen molar-refractivity contribution in [2.24, 2.45) is 5.92 Å². The summed E-state index contributed by atoms with van der Waals surface area (Å²) in [7, 11) is 0. The second-order valence-electron chi connectivity index (χ2n) is 6.17. The number of amides is 1. The molecule has 1 saturated heterocycles. The standard InChI is InChI=1S/C18H19N3O2S/c22-18(17-11-24-12-20-17)21-5-6-23-10-14(9-21)7-13-1-2-16-15(8-13)3-4-19-16/h1-4,8,11-12,14,19H,5-7,9-10H2/t14-/m0/s1. The Balaban J connectivity index is 1.48. The van der Waals surface area contributed by atoms with Crippen LogP contribution in [0.4, 0.5) is 0 Å². The maximum absolute atomic E-state index is 12.6. The Morgan fingerprint density at radius 1 is 1.42 bits per heavy atom. The Hall–Kier alpha value is -2.18. The molecule has 1 atom stereocenters. The molecule has 3 aromatic rings. The van der Waals surface area contributed by atoms with Crippen LogP contribution in [0.3, 0.4) is 0 Å². The monoisotopic (exact) mass is 341 g/mol. The molecule has 1 fully saturated rings. The van der Waals surface area contributed by atoms with Gasteiger partial charge in [-0.15, -0.1) is 11.3 Å². The van der Waals surface area contributed by atoms with Crippen molar-refractivity contribution in [3.63, 3.8) is 0 Å². The number of aromatic amines is 1. The van der Waals surface area contributed by atoms with Crippen LogP contribution in [-0.2, 0) is 11.2 Å². The quantitative estimate of drug-likeness (QED) is 0.797. The highest BCUT2D eigenvalue weighted by atomic mass is 32.1. The molecule has 0 unspecified atom stereocenters.